The number of amides is 1. The summed E-state index contributed by atoms with van der Waals surface area (Å²) < 4.78 is 4.99. The highest BCUT2D eigenvalue weighted by molar-refractivity contribution is 7.13. The van der Waals surface area contributed by atoms with Crippen molar-refractivity contribution in [2.24, 2.45) is 0 Å². The third-order valence-electron chi connectivity index (χ3n) is 2.51. The monoisotopic (exact) mass is 266 g/mol. The molecule has 18 heavy (non-hydrogen) atoms. The van der Waals surface area contributed by atoms with Gasteiger partial charge < -0.3 is 14.4 Å². The fourth-order valence-electron chi connectivity index (χ4n) is 1.47. The number of thiazole rings is 1. The fraction of sp³-hybridized carbons (Fsp3) is 0.333. The van der Waals surface area contributed by atoms with Crippen molar-refractivity contribution in [2.45, 2.75) is 6.42 Å². The lowest BCUT2D eigenvalue weighted by molar-refractivity contribution is -0.129. The maximum absolute atomic E-state index is 11.8. The predicted molar refractivity (Wildman–Crippen MR) is 68.2 cm³/mol. The molecule has 96 valence electrons. The van der Waals surface area contributed by atoms with Gasteiger partial charge in [0.15, 0.2) is 0 Å². The SMILES string of the molecule is CN(CCO)C(=O)Cc1csc(-c2ccoc2)n1. The Morgan fingerprint density at radius 2 is 2.44 bits per heavy atom. The van der Waals surface area contributed by atoms with E-state index >= 15 is 0 Å². The van der Waals surface area contributed by atoms with Gasteiger partial charge in [-0.1, -0.05) is 0 Å². The third kappa shape index (κ3) is 2.96. The number of hydrogen-bond donors (Lipinski definition) is 1. The zero-order chi connectivity index (χ0) is 13.0. The van der Waals surface area contributed by atoms with Crippen molar-refractivity contribution < 1.29 is 14.3 Å². The highest BCUT2D eigenvalue weighted by atomic mass is 32.1. The van der Waals surface area contributed by atoms with E-state index in [1.165, 1.54) is 16.2 Å². The second-order valence-electron chi connectivity index (χ2n) is 3.87. The van der Waals surface area contributed by atoms with E-state index in [-0.39, 0.29) is 18.9 Å². The van der Waals surface area contributed by atoms with E-state index in [1.54, 1.807) is 19.6 Å². The van der Waals surface area contributed by atoms with E-state index in [4.69, 9.17) is 9.52 Å². The van der Waals surface area contributed by atoms with Crippen LogP contribution in [-0.4, -0.2) is 41.1 Å². The molecule has 0 unspecified atom stereocenters. The van der Waals surface area contributed by atoms with Crippen LogP contribution in [0.15, 0.2) is 28.4 Å². The van der Waals surface area contributed by atoms with Gasteiger partial charge in [0, 0.05) is 24.5 Å². The molecule has 0 spiro atoms. The summed E-state index contributed by atoms with van der Waals surface area (Å²) in [6, 6.07) is 1.84. The van der Waals surface area contributed by atoms with E-state index in [2.05, 4.69) is 4.98 Å². The molecule has 6 heteroatoms. The van der Waals surface area contributed by atoms with Crippen molar-refractivity contribution in [1.82, 2.24) is 9.88 Å². The molecule has 0 aromatic carbocycles. The number of hydrogen-bond acceptors (Lipinski definition) is 5. The van der Waals surface area contributed by atoms with Gasteiger partial charge in [-0.3, -0.25) is 4.79 Å². The van der Waals surface area contributed by atoms with Gasteiger partial charge >= 0.3 is 0 Å². The molecule has 2 heterocycles. The molecule has 0 bridgehead atoms. The Balaban J connectivity index is 2.01. The number of aliphatic hydroxyl groups excluding tert-OH is 1. The number of aliphatic hydroxyl groups is 1. The Morgan fingerprint density at radius 3 is 3.11 bits per heavy atom. The Morgan fingerprint density at radius 1 is 1.61 bits per heavy atom. The van der Waals surface area contributed by atoms with Crippen molar-refractivity contribution in [1.29, 1.82) is 0 Å². The molecule has 0 atom stereocenters. The third-order valence-corrected chi connectivity index (χ3v) is 3.45. The molecule has 1 amide bonds. The number of likely N-dealkylation sites (N-methyl/N-ethyl adjacent to an activating group) is 1. The first-order valence-corrected chi connectivity index (χ1v) is 6.40. The van der Waals surface area contributed by atoms with E-state index in [0.29, 0.717) is 6.54 Å². The molecular formula is C12H14N2O3S. The average molecular weight is 266 g/mol. The minimum Gasteiger partial charge on any atom is -0.472 e. The lowest BCUT2D eigenvalue weighted by Gasteiger charge is -2.14. The summed E-state index contributed by atoms with van der Waals surface area (Å²) in [5.74, 6) is -0.0481. The normalized spacial score (nSPS) is 10.6. The standard InChI is InChI=1S/C12H14N2O3S/c1-14(3-4-15)11(16)6-10-8-18-12(13-10)9-2-5-17-7-9/h2,5,7-8,15H,3-4,6H2,1H3. The van der Waals surface area contributed by atoms with Gasteiger partial charge in [-0.05, 0) is 6.07 Å². The predicted octanol–water partition coefficient (Wildman–Crippen LogP) is 1.40. The molecular weight excluding hydrogens is 252 g/mol. The Bertz CT molecular complexity index is 507. The summed E-state index contributed by atoms with van der Waals surface area (Å²) in [7, 11) is 1.67. The van der Waals surface area contributed by atoms with Crippen LogP contribution in [0.1, 0.15) is 5.69 Å². The molecule has 0 fully saturated rings. The summed E-state index contributed by atoms with van der Waals surface area (Å²) in [6.45, 7) is 0.317. The van der Waals surface area contributed by atoms with Crippen LogP contribution in [0.4, 0.5) is 0 Å². The zero-order valence-corrected chi connectivity index (χ0v) is 10.8. The van der Waals surface area contributed by atoms with Crippen LogP contribution in [0.5, 0.6) is 0 Å². The molecule has 0 saturated heterocycles. The van der Waals surface area contributed by atoms with Crippen molar-refractivity contribution in [3.05, 3.63) is 29.7 Å². The van der Waals surface area contributed by atoms with E-state index in [9.17, 15) is 4.79 Å². The maximum Gasteiger partial charge on any atom is 0.228 e. The number of nitrogens with zero attached hydrogens (tertiary/aromatic N) is 2. The van der Waals surface area contributed by atoms with Gasteiger partial charge in [0.1, 0.15) is 11.3 Å². The summed E-state index contributed by atoms with van der Waals surface area (Å²) in [5, 5.41) is 11.5. The first kappa shape index (κ1) is 12.8. The van der Waals surface area contributed by atoms with Crippen LogP contribution in [0, 0.1) is 0 Å². The van der Waals surface area contributed by atoms with Crippen LogP contribution < -0.4 is 0 Å². The molecule has 0 saturated carbocycles. The minimum absolute atomic E-state index is 0.0282. The molecule has 5 nitrogen and oxygen atoms in total. The van der Waals surface area contributed by atoms with Gasteiger partial charge in [-0.15, -0.1) is 11.3 Å². The van der Waals surface area contributed by atoms with E-state index in [0.717, 1.165) is 16.3 Å². The van der Waals surface area contributed by atoms with Crippen molar-refractivity contribution >= 4 is 17.2 Å². The average Bonchev–Trinajstić information content (AvgIpc) is 2.98. The second kappa shape index (κ2) is 5.79. The van der Waals surface area contributed by atoms with Crippen molar-refractivity contribution in [3.63, 3.8) is 0 Å². The van der Waals surface area contributed by atoms with Crippen molar-refractivity contribution in [3.8, 4) is 10.6 Å². The number of rotatable bonds is 5. The molecule has 0 aliphatic heterocycles. The van der Waals surface area contributed by atoms with Crippen molar-refractivity contribution in [2.75, 3.05) is 20.2 Å². The first-order chi connectivity index (χ1) is 8.70. The molecule has 0 aliphatic rings. The molecule has 2 rings (SSSR count). The van der Waals surface area contributed by atoms with E-state index in [1.807, 2.05) is 11.4 Å². The van der Waals surface area contributed by atoms with Gasteiger partial charge in [-0.25, -0.2) is 4.98 Å². The highest BCUT2D eigenvalue weighted by Gasteiger charge is 2.12. The summed E-state index contributed by atoms with van der Waals surface area (Å²) in [4.78, 5) is 17.6. The molecule has 0 radical (unpaired) electrons. The number of aromatic nitrogens is 1. The number of carbonyl (C=O) groups is 1. The van der Waals surface area contributed by atoms with Crippen LogP contribution in [0.3, 0.4) is 0 Å². The van der Waals surface area contributed by atoms with Gasteiger partial charge in [-0.2, -0.15) is 0 Å². The molecule has 1 N–H and O–H groups in total. The van der Waals surface area contributed by atoms with E-state index < -0.39 is 0 Å². The number of furan rings is 1. The highest BCUT2D eigenvalue weighted by Crippen LogP contribution is 2.24. The van der Waals surface area contributed by atoms with Gasteiger partial charge in [0.25, 0.3) is 0 Å². The minimum atomic E-state index is -0.0481. The zero-order valence-electron chi connectivity index (χ0n) is 10.00. The second-order valence-corrected chi connectivity index (χ2v) is 4.73. The van der Waals surface area contributed by atoms with Gasteiger partial charge in [0.2, 0.25) is 5.91 Å². The quantitative estimate of drug-likeness (QED) is 0.888. The largest absolute Gasteiger partial charge is 0.472 e. The molecule has 0 aliphatic carbocycles. The molecule has 2 aromatic rings. The van der Waals surface area contributed by atoms with Gasteiger partial charge in [0.05, 0.1) is 25.0 Å². The lowest BCUT2D eigenvalue weighted by atomic mass is 10.3. The topological polar surface area (TPSA) is 66.6 Å². The summed E-state index contributed by atoms with van der Waals surface area (Å²) >= 11 is 1.48. The smallest absolute Gasteiger partial charge is 0.228 e. The first-order valence-electron chi connectivity index (χ1n) is 5.52. The van der Waals surface area contributed by atoms with Crippen LogP contribution in [-0.2, 0) is 11.2 Å². The van der Waals surface area contributed by atoms with Crippen LogP contribution in [0.2, 0.25) is 0 Å². The Kier molecular flexibility index (Phi) is 4.11. The summed E-state index contributed by atoms with van der Waals surface area (Å²) in [5.41, 5.74) is 1.66. The maximum atomic E-state index is 11.8. The Hall–Kier alpha value is -1.66. The molecule has 2 aromatic heterocycles. The van der Waals surface area contributed by atoms with Crippen LogP contribution >= 0.6 is 11.3 Å². The lowest BCUT2D eigenvalue weighted by Crippen LogP contribution is -2.30. The van der Waals surface area contributed by atoms with Crippen LogP contribution in [0.25, 0.3) is 10.6 Å². The number of carbonyl (C=O) groups excluding carboxylic acids is 1. The Labute approximate surface area is 109 Å². The summed E-state index contributed by atoms with van der Waals surface area (Å²) in [6.07, 6.45) is 3.48. The fourth-order valence-corrected chi connectivity index (χ4v) is 2.28.